The first-order valence-corrected chi connectivity index (χ1v) is 9.96. The third-order valence-electron chi connectivity index (χ3n) is 5.38. The van der Waals surface area contributed by atoms with Crippen LogP contribution in [0.15, 0.2) is 53.3 Å². The lowest BCUT2D eigenvalue weighted by molar-refractivity contribution is -0.133. The van der Waals surface area contributed by atoms with E-state index in [1.165, 1.54) is 4.68 Å². The third kappa shape index (κ3) is 4.36. The van der Waals surface area contributed by atoms with E-state index in [9.17, 15) is 9.59 Å². The molecule has 1 aliphatic heterocycles. The van der Waals surface area contributed by atoms with Crippen molar-refractivity contribution < 1.29 is 4.79 Å². The molecule has 3 aromatic rings. The summed E-state index contributed by atoms with van der Waals surface area (Å²) < 4.78 is 1.27. The van der Waals surface area contributed by atoms with Gasteiger partial charge in [0.2, 0.25) is 5.91 Å². The fourth-order valence-corrected chi connectivity index (χ4v) is 3.63. The van der Waals surface area contributed by atoms with Crippen molar-refractivity contribution in [1.29, 1.82) is 5.26 Å². The van der Waals surface area contributed by atoms with Crippen molar-refractivity contribution in [1.82, 2.24) is 24.8 Å². The molecule has 0 aliphatic carbocycles. The Balaban J connectivity index is 1.29. The molecule has 152 valence electrons. The minimum atomic E-state index is -0.222. The van der Waals surface area contributed by atoms with Gasteiger partial charge in [-0.15, -0.1) is 5.10 Å². The van der Waals surface area contributed by atoms with Crippen LogP contribution in [0.25, 0.3) is 10.9 Å². The van der Waals surface area contributed by atoms with Gasteiger partial charge in [0.15, 0.2) is 0 Å². The molecule has 1 aromatic heterocycles. The first-order chi connectivity index (χ1) is 14.6. The molecule has 0 N–H and O–H groups in total. The average Bonchev–Trinajstić information content (AvgIpc) is 2.79. The third-order valence-corrected chi connectivity index (χ3v) is 5.38. The van der Waals surface area contributed by atoms with Crippen molar-refractivity contribution >= 4 is 16.8 Å². The lowest BCUT2D eigenvalue weighted by Gasteiger charge is -2.34. The molecule has 2 aromatic carbocycles. The van der Waals surface area contributed by atoms with Crippen LogP contribution in [0.2, 0.25) is 0 Å². The van der Waals surface area contributed by atoms with Gasteiger partial charge in [0.05, 0.1) is 23.6 Å². The second kappa shape index (κ2) is 8.84. The first kappa shape index (κ1) is 19.7. The Kier molecular flexibility index (Phi) is 5.82. The zero-order valence-electron chi connectivity index (χ0n) is 16.6. The summed E-state index contributed by atoms with van der Waals surface area (Å²) in [6.07, 6.45) is 0.225. The molecule has 2 heterocycles. The molecule has 0 atom stereocenters. The lowest BCUT2D eigenvalue weighted by Crippen LogP contribution is -2.48. The number of rotatable bonds is 5. The number of aromatic nitrogens is 3. The number of nitrogens with zero attached hydrogens (tertiary/aromatic N) is 6. The summed E-state index contributed by atoms with van der Waals surface area (Å²) in [4.78, 5) is 29.2. The summed E-state index contributed by atoms with van der Waals surface area (Å²) in [5, 5.41) is 17.4. The van der Waals surface area contributed by atoms with Gasteiger partial charge in [0.1, 0.15) is 5.52 Å². The molecule has 30 heavy (non-hydrogen) atoms. The molecule has 0 radical (unpaired) electrons. The lowest BCUT2D eigenvalue weighted by atomic mass is 10.1. The summed E-state index contributed by atoms with van der Waals surface area (Å²) in [5.41, 5.74) is 2.15. The number of piperazine rings is 1. The minimum absolute atomic E-state index is 0.0230. The van der Waals surface area contributed by atoms with Crippen LogP contribution in [0.3, 0.4) is 0 Å². The van der Waals surface area contributed by atoms with Gasteiger partial charge in [0.25, 0.3) is 5.56 Å². The smallest absolute Gasteiger partial charge is 0.277 e. The first-order valence-electron chi connectivity index (χ1n) is 9.96. The highest BCUT2D eigenvalue weighted by Crippen LogP contribution is 2.11. The molecule has 1 amide bonds. The standard InChI is InChI=1S/C22H22N6O2/c23-15-17-5-7-18(8-6-17)16-26-11-13-27(14-12-26)21(29)9-10-28-22(30)19-3-1-2-4-20(19)24-25-28/h1-8H,9-14,16H2. The molecule has 1 aliphatic rings. The van der Waals surface area contributed by atoms with Crippen molar-refractivity contribution in [2.45, 2.75) is 19.5 Å². The molecule has 0 spiro atoms. The van der Waals surface area contributed by atoms with Crippen LogP contribution >= 0.6 is 0 Å². The van der Waals surface area contributed by atoms with Crippen LogP contribution in [-0.4, -0.2) is 56.9 Å². The zero-order chi connectivity index (χ0) is 20.9. The molecule has 1 saturated heterocycles. The Morgan fingerprint density at radius 2 is 1.77 bits per heavy atom. The van der Waals surface area contributed by atoms with Crippen LogP contribution < -0.4 is 5.56 Å². The molecular weight excluding hydrogens is 380 g/mol. The molecular formula is C22H22N6O2. The van der Waals surface area contributed by atoms with Gasteiger partial charge in [-0.2, -0.15) is 5.26 Å². The van der Waals surface area contributed by atoms with Crippen molar-refractivity contribution in [3.63, 3.8) is 0 Å². The maximum Gasteiger partial charge on any atom is 0.277 e. The molecule has 8 nitrogen and oxygen atoms in total. The maximum absolute atomic E-state index is 12.6. The number of hydrogen-bond acceptors (Lipinski definition) is 6. The number of aryl methyl sites for hydroxylation is 1. The minimum Gasteiger partial charge on any atom is -0.340 e. The number of benzene rings is 2. The van der Waals surface area contributed by atoms with E-state index in [2.05, 4.69) is 21.3 Å². The highest BCUT2D eigenvalue weighted by Gasteiger charge is 2.21. The highest BCUT2D eigenvalue weighted by atomic mass is 16.2. The fraction of sp³-hybridized carbons (Fsp3) is 0.318. The van der Waals surface area contributed by atoms with Gasteiger partial charge in [-0.1, -0.05) is 29.5 Å². The highest BCUT2D eigenvalue weighted by molar-refractivity contribution is 5.77. The van der Waals surface area contributed by atoms with Crippen LogP contribution in [0.5, 0.6) is 0 Å². The predicted octanol–water partition coefficient (Wildman–Crippen LogP) is 1.40. The molecule has 0 bridgehead atoms. The topological polar surface area (TPSA) is 95.1 Å². The van der Waals surface area contributed by atoms with Gasteiger partial charge in [-0.25, -0.2) is 4.68 Å². The Hall–Kier alpha value is -3.57. The van der Waals surface area contributed by atoms with Crippen molar-refractivity contribution in [2.75, 3.05) is 26.2 Å². The number of carbonyl (C=O) groups is 1. The van der Waals surface area contributed by atoms with Crippen LogP contribution in [-0.2, 0) is 17.9 Å². The normalized spacial score (nSPS) is 14.6. The largest absolute Gasteiger partial charge is 0.340 e. The quantitative estimate of drug-likeness (QED) is 0.640. The van der Waals surface area contributed by atoms with Gasteiger partial charge < -0.3 is 4.90 Å². The van der Waals surface area contributed by atoms with Crippen LogP contribution in [0, 0.1) is 11.3 Å². The van der Waals surface area contributed by atoms with E-state index >= 15 is 0 Å². The van der Waals surface area contributed by atoms with Crippen LogP contribution in [0.1, 0.15) is 17.5 Å². The van der Waals surface area contributed by atoms with Crippen molar-refractivity contribution in [2.24, 2.45) is 0 Å². The molecule has 8 heteroatoms. The summed E-state index contributed by atoms with van der Waals surface area (Å²) in [5.74, 6) is 0.0230. The van der Waals surface area contributed by atoms with Gasteiger partial charge in [0, 0.05) is 39.1 Å². The Morgan fingerprint density at radius 1 is 1.03 bits per heavy atom. The summed E-state index contributed by atoms with van der Waals surface area (Å²) in [7, 11) is 0. The number of carbonyl (C=O) groups excluding carboxylic acids is 1. The van der Waals surface area contributed by atoms with Crippen molar-refractivity contribution in [3.05, 3.63) is 70.0 Å². The van der Waals surface area contributed by atoms with Crippen molar-refractivity contribution in [3.8, 4) is 6.07 Å². The van der Waals surface area contributed by atoms with E-state index in [1.807, 2.05) is 35.2 Å². The monoisotopic (exact) mass is 402 g/mol. The van der Waals surface area contributed by atoms with Crippen LogP contribution in [0.4, 0.5) is 0 Å². The number of amides is 1. The Labute approximate surface area is 173 Å². The predicted molar refractivity (Wildman–Crippen MR) is 111 cm³/mol. The second-order valence-electron chi connectivity index (χ2n) is 7.35. The zero-order valence-corrected chi connectivity index (χ0v) is 16.6. The van der Waals surface area contributed by atoms with Gasteiger partial charge >= 0.3 is 0 Å². The van der Waals surface area contributed by atoms with Gasteiger partial charge in [-0.05, 0) is 29.8 Å². The maximum atomic E-state index is 12.6. The van der Waals surface area contributed by atoms with E-state index < -0.39 is 0 Å². The summed E-state index contributed by atoms with van der Waals surface area (Å²) >= 11 is 0. The number of hydrogen-bond donors (Lipinski definition) is 0. The molecule has 0 saturated carbocycles. The summed E-state index contributed by atoms with van der Waals surface area (Å²) in [6, 6.07) is 16.8. The number of fused-ring (bicyclic) bond motifs is 1. The average molecular weight is 402 g/mol. The SMILES string of the molecule is N#Cc1ccc(CN2CCN(C(=O)CCn3nnc4ccccc4c3=O)CC2)cc1. The molecule has 0 unspecified atom stereocenters. The van der Waals surface area contributed by atoms with E-state index in [4.69, 9.17) is 5.26 Å². The Bertz CT molecular complexity index is 1140. The van der Waals surface area contributed by atoms with E-state index in [0.29, 0.717) is 29.6 Å². The van der Waals surface area contributed by atoms with Gasteiger partial charge in [-0.3, -0.25) is 14.5 Å². The molecule has 4 rings (SSSR count). The number of nitriles is 1. The van der Waals surface area contributed by atoms with E-state index in [0.717, 1.165) is 25.2 Å². The van der Waals surface area contributed by atoms with E-state index in [1.54, 1.807) is 18.2 Å². The second-order valence-corrected chi connectivity index (χ2v) is 7.35. The van der Waals surface area contributed by atoms with E-state index in [-0.39, 0.29) is 24.4 Å². The Morgan fingerprint density at radius 3 is 2.50 bits per heavy atom. The summed E-state index contributed by atoms with van der Waals surface area (Å²) in [6.45, 7) is 3.93. The fourth-order valence-electron chi connectivity index (χ4n) is 3.63. The molecule has 1 fully saturated rings.